The molecule has 1 aliphatic rings. The molecule has 1 aliphatic heterocycles. The Balaban J connectivity index is 1.97. The van der Waals surface area contributed by atoms with Gasteiger partial charge in [0.25, 0.3) is 0 Å². The molecule has 0 amide bonds. The maximum absolute atomic E-state index is 5.85. The molecule has 0 saturated carbocycles. The molecule has 1 fully saturated rings. The van der Waals surface area contributed by atoms with Crippen LogP contribution in [0.4, 0.5) is 0 Å². The van der Waals surface area contributed by atoms with Crippen molar-refractivity contribution in [2.45, 2.75) is 45.2 Å². The van der Waals surface area contributed by atoms with Gasteiger partial charge in [-0.25, -0.2) is 4.98 Å². The van der Waals surface area contributed by atoms with Gasteiger partial charge in [-0.1, -0.05) is 6.92 Å². The van der Waals surface area contributed by atoms with Crippen LogP contribution in [0.1, 0.15) is 42.6 Å². The summed E-state index contributed by atoms with van der Waals surface area (Å²) in [4.78, 5) is 8.25. The number of rotatable bonds is 4. The van der Waals surface area contributed by atoms with E-state index < -0.39 is 0 Å². The predicted molar refractivity (Wildman–Crippen MR) is 68.7 cm³/mol. The van der Waals surface area contributed by atoms with Crippen molar-refractivity contribution in [2.75, 3.05) is 13.1 Å². The second kappa shape index (κ2) is 5.25. The average molecular weight is 239 g/mol. The van der Waals surface area contributed by atoms with Crippen molar-refractivity contribution in [1.82, 2.24) is 9.88 Å². The highest BCUT2D eigenvalue weighted by atomic mass is 32.1. The second-order valence-corrected chi connectivity index (χ2v) is 5.72. The highest BCUT2D eigenvalue weighted by Crippen LogP contribution is 2.24. The topological polar surface area (TPSA) is 42.2 Å². The van der Waals surface area contributed by atoms with E-state index in [-0.39, 0.29) is 6.04 Å². The lowest BCUT2D eigenvalue weighted by molar-refractivity contribution is 0.266. The summed E-state index contributed by atoms with van der Waals surface area (Å²) in [6.45, 7) is 6.68. The van der Waals surface area contributed by atoms with Gasteiger partial charge in [0.2, 0.25) is 0 Å². The van der Waals surface area contributed by atoms with E-state index in [0.717, 1.165) is 13.0 Å². The third-order valence-electron chi connectivity index (χ3n) is 3.34. The van der Waals surface area contributed by atoms with Crippen LogP contribution in [-0.4, -0.2) is 29.0 Å². The largest absolute Gasteiger partial charge is 0.323 e. The van der Waals surface area contributed by atoms with E-state index in [1.807, 2.05) is 13.1 Å². The number of aromatic nitrogens is 1. The standard InChI is InChI=1S/C12H21N3S/c1-3-15-6-4-5-10(15)7-12-14-8-11(16-12)9(2)13/h8-10H,3-7,13H2,1-2H3. The second-order valence-electron chi connectivity index (χ2n) is 4.57. The zero-order valence-corrected chi connectivity index (χ0v) is 11.0. The Hall–Kier alpha value is -0.450. The van der Waals surface area contributed by atoms with Crippen LogP contribution < -0.4 is 5.73 Å². The van der Waals surface area contributed by atoms with E-state index in [1.54, 1.807) is 11.3 Å². The molecule has 0 radical (unpaired) electrons. The molecule has 90 valence electrons. The molecule has 2 rings (SSSR count). The Kier molecular flexibility index (Phi) is 3.95. The Bertz CT molecular complexity index is 335. The molecule has 1 aromatic heterocycles. The maximum atomic E-state index is 5.85. The minimum Gasteiger partial charge on any atom is -0.323 e. The Morgan fingerprint density at radius 1 is 1.69 bits per heavy atom. The minimum absolute atomic E-state index is 0.122. The van der Waals surface area contributed by atoms with Crippen molar-refractivity contribution >= 4 is 11.3 Å². The summed E-state index contributed by atoms with van der Waals surface area (Å²) in [7, 11) is 0. The van der Waals surface area contributed by atoms with Crippen LogP contribution >= 0.6 is 11.3 Å². The molecule has 0 spiro atoms. The van der Waals surface area contributed by atoms with Crippen molar-refractivity contribution in [1.29, 1.82) is 0 Å². The molecule has 4 heteroatoms. The highest BCUT2D eigenvalue weighted by Gasteiger charge is 2.24. The van der Waals surface area contributed by atoms with Crippen molar-refractivity contribution < 1.29 is 0 Å². The third kappa shape index (κ3) is 2.62. The lowest BCUT2D eigenvalue weighted by Crippen LogP contribution is -2.30. The lowest BCUT2D eigenvalue weighted by atomic mass is 10.1. The van der Waals surface area contributed by atoms with Gasteiger partial charge in [0.1, 0.15) is 0 Å². The van der Waals surface area contributed by atoms with Crippen molar-refractivity contribution in [2.24, 2.45) is 5.73 Å². The average Bonchev–Trinajstić information content (AvgIpc) is 2.87. The first-order valence-corrected chi connectivity index (χ1v) is 6.96. The van der Waals surface area contributed by atoms with E-state index in [9.17, 15) is 0 Å². The minimum atomic E-state index is 0.122. The van der Waals surface area contributed by atoms with Gasteiger partial charge in [-0.15, -0.1) is 11.3 Å². The fraction of sp³-hybridized carbons (Fsp3) is 0.750. The van der Waals surface area contributed by atoms with Gasteiger partial charge in [0.15, 0.2) is 0 Å². The molecule has 1 saturated heterocycles. The summed E-state index contributed by atoms with van der Waals surface area (Å²) < 4.78 is 0. The zero-order chi connectivity index (χ0) is 11.5. The van der Waals surface area contributed by atoms with Crippen LogP contribution in [0.2, 0.25) is 0 Å². The first-order chi connectivity index (χ1) is 7.70. The summed E-state index contributed by atoms with van der Waals surface area (Å²) in [5.74, 6) is 0. The molecule has 0 bridgehead atoms. The number of likely N-dealkylation sites (N-methyl/N-ethyl adjacent to an activating group) is 1. The molecular formula is C12H21N3S. The van der Waals surface area contributed by atoms with Crippen LogP contribution in [0, 0.1) is 0 Å². The smallest absolute Gasteiger partial charge is 0.0943 e. The van der Waals surface area contributed by atoms with Gasteiger partial charge in [0, 0.05) is 29.6 Å². The van der Waals surface area contributed by atoms with Gasteiger partial charge in [-0.2, -0.15) is 0 Å². The number of thiazole rings is 1. The fourth-order valence-corrected chi connectivity index (χ4v) is 3.32. The maximum Gasteiger partial charge on any atom is 0.0943 e. The van der Waals surface area contributed by atoms with Gasteiger partial charge in [-0.05, 0) is 32.9 Å². The van der Waals surface area contributed by atoms with Gasteiger partial charge < -0.3 is 10.6 Å². The number of likely N-dealkylation sites (tertiary alicyclic amines) is 1. The lowest BCUT2D eigenvalue weighted by Gasteiger charge is -2.21. The van der Waals surface area contributed by atoms with Crippen LogP contribution in [-0.2, 0) is 6.42 Å². The summed E-state index contributed by atoms with van der Waals surface area (Å²) in [6, 6.07) is 0.828. The Morgan fingerprint density at radius 2 is 2.50 bits per heavy atom. The molecule has 0 aromatic carbocycles. The SMILES string of the molecule is CCN1CCCC1Cc1ncc(C(C)N)s1. The Labute approximate surface area is 102 Å². The summed E-state index contributed by atoms with van der Waals surface area (Å²) in [5, 5.41) is 1.25. The molecule has 2 heterocycles. The summed E-state index contributed by atoms with van der Waals surface area (Å²) >= 11 is 1.78. The molecule has 2 atom stereocenters. The third-order valence-corrected chi connectivity index (χ3v) is 4.56. The molecule has 16 heavy (non-hydrogen) atoms. The van der Waals surface area contributed by atoms with E-state index >= 15 is 0 Å². The highest BCUT2D eigenvalue weighted by molar-refractivity contribution is 7.11. The number of hydrogen-bond acceptors (Lipinski definition) is 4. The fourth-order valence-electron chi connectivity index (χ4n) is 2.37. The first kappa shape index (κ1) is 12.0. The number of nitrogens with two attached hydrogens (primary N) is 1. The van der Waals surface area contributed by atoms with Gasteiger partial charge in [0.05, 0.1) is 5.01 Å². The van der Waals surface area contributed by atoms with E-state index in [2.05, 4.69) is 16.8 Å². The van der Waals surface area contributed by atoms with Crippen LogP contribution in [0.5, 0.6) is 0 Å². The Morgan fingerprint density at radius 3 is 3.12 bits per heavy atom. The van der Waals surface area contributed by atoms with Gasteiger partial charge >= 0.3 is 0 Å². The predicted octanol–water partition coefficient (Wildman–Crippen LogP) is 2.19. The molecule has 0 aliphatic carbocycles. The first-order valence-electron chi connectivity index (χ1n) is 6.15. The van der Waals surface area contributed by atoms with Crippen molar-refractivity contribution in [3.63, 3.8) is 0 Å². The van der Waals surface area contributed by atoms with Crippen LogP contribution in [0.15, 0.2) is 6.20 Å². The molecule has 1 aromatic rings. The normalized spacial score (nSPS) is 23.8. The van der Waals surface area contributed by atoms with E-state index in [4.69, 9.17) is 5.73 Å². The molecular weight excluding hydrogens is 218 g/mol. The van der Waals surface area contributed by atoms with Crippen molar-refractivity contribution in [3.8, 4) is 0 Å². The number of nitrogens with zero attached hydrogens (tertiary/aromatic N) is 2. The molecule has 2 N–H and O–H groups in total. The van der Waals surface area contributed by atoms with E-state index in [0.29, 0.717) is 6.04 Å². The summed E-state index contributed by atoms with van der Waals surface area (Å²) in [6.07, 6.45) is 5.70. The van der Waals surface area contributed by atoms with Crippen LogP contribution in [0.25, 0.3) is 0 Å². The quantitative estimate of drug-likeness (QED) is 0.876. The van der Waals surface area contributed by atoms with Crippen LogP contribution in [0.3, 0.4) is 0 Å². The van der Waals surface area contributed by atoms with E-state index in [1.165, 1.54) is 29.3 Å². The van der Waals surface area contributed by atoms with Crippen molar-refractivity contribution in [3.05, 3.63) is 16.1 Å². The van der Waals surface area contributed by atoms with Gasteiger partial charge in [-0.3, -0.25) is 0 Å². The zero-order valence-electron chi connectivity index (χ0n) is 10.1. The summed E-state index contributed by atoms with van der Waals surface area (Å²) in [5.41, 5.74) is 5.85. The molecule has 3 nitrogen and oxygen atoms in total. The molecule has 2 unspecified atom stereocenters. The number of hydrogen-bond donors (Lipinski definition) is 1. The monoisotopic (exact) mass is 239 g/mol.